The van der Waals surface area contributed by atoms with Gasteiger partial charge >= 0.3 is 0 Å². The fourth-order valence-corrected chi connectivity index (χ4v) is 2.82. The maximum atomic E-state index is 6.05. The number of benzene rings is 1. The van der Waals surface area contributed by atoms with Crippen LogP contribution in [-0.2, 0) is 0 Å². The lowest BCUT2D eigenvalue weighted by Gasteiger charge is -2.36. The van der Waals surface area contributed by atoms with Crippen LogP contribution in [0.15, 0.2) is 24.3 Å². The molecule has 2 N–H and O–H groups in total. The van der Waals surface area contributed by atoms with Crippen LogP contribution in [0, 0.1) is 5.92 Å². The summed E-state index contributed by atoms with van der Waals surface area (Å²) in [5.41, 5.74) is 7.08. The first-order chi connectivity index (χ1) is 8.20. The van der Waals surface area contributed by atoms with Gasteiger partial charge in [0.05, 0.1) is 0 Å². The van der Waals surface area contributed by atoms with Crippen LogP contribution >= 0.6 is 24.0 Å². The summed E-state index contributed by atoms with van der Waals surface area (Å²) in [5.74, 6) is 0.658. The minimum absolute atomic E-state index is 0. The van der Waals surface area contributed by atoms with Gasteiger partial charge in [-0.05, 0) is 56.5 Å². The summed E-state index contributed by atoms with van der Waals surface area (Å²) < 4.78 is 0. The van der Waals surface area contributed by atoms with E-state index in [2.05, 4.69) is 24.0 Å². The molecule has 2 nitrogen and oxygen atoms in total. The van der Waals surface area contributed by atoms with Crippen LogP contribution in [0.3, 0.4) is 0 Å². The molecule has 1 saturated heterocycles. The van der Waals surface area contributed by atoms with Crippen molar-refractivity contribution in [2.75, 3.05) is 19.6 Å². The quantitative estimate of drug-likeness (QED) is 0.923. The van der Waals surface area contributed by atoms with Gasteiger partial charge in [0.2, 0.25) is 0 Å². The Hall–Kier alpha value is -0.280. The lowest BCUT2D eigenvalue weighted by atomic mass is 9.95. The molecule has 1 fully saturated rings. The van der Waals surface area contributed by atoms with E-state index in [1.54, 1.807) is 0 Å². The zero-order chi connectivity index (χ0) is 12.3. The molecule has 0 amide bonds. The van der Waals surface area contributed by atoms with E-state index in [-0.39, 0.29) is 12.4 Å². The van der Waals surface area contributed by atoms with E-state index in [0.717, 1.165) is 18.1 Å². The second kappa shape index (κ2) is 7.34. The van der Waals surface area contributed by atoms with E-state index in [0.29, 0.717) is 12.0 Å². The molecule has 0 radical (unpaired) electrons. The van der Waals surface area contributed by atoms with Gasteiger partial charge in [0.15, 0.2) is 0 Å². The average molecular weight is 289 g/mol. The molecule has 0 aliphatic carbocycles. The minimum Gasteiger partial charge on any atom is -0.330 e. The van der Waals surface area contributed by atoms with Crippen molar-refractivity contribution in [2.24, 2.45) is 11.7 Å². The summed E-state index contributed by atoms with van der Waals surface area (Å²) in [6.45, 7) is 5.34. The number of likely N-dealkylation sites (tertiary alicyclic amines) is 1. The Kier molecular flexibility index (Phi) is 6.44. The van der Waals surface area contributed by atoms with Gasteiger partial charge < -0.3 is 5.73 Å². The van der Waals surface area contributed by atoms with Gasteiger partial charge in [-0.25, -0.2) is 0 Å². The molecule has 102 valence electrons. The highest BCUT2D eigenvalue weighted by Gasteiger charge is 2.23. The molecular formula is C14H22Cl2N2. The molecule has 4 heteroatoms. The van der Waals surface area contributed by atoms with Crippen molar-refractivity contribution >= 4 is 24.0 Å². The molecule has 2 unspecified atom stereocenters. The summed E-state index contributed by atoms with van der Waals surface area (Å²) in [6, 6.07) is 8.61. The fraction of sp³-hybridized carbons (Fsp3) is 0.571. The Morgan fingerprint density at radius 3 is 2.94 bits per heavy atom. The summed E-state index contributed by atoms with van der Waals surface area (Å²) in [4.78, 5) is 2.52. The smallest absolute Gasteiger partial charge is 0.0409 e. The van der Waals surface area contributed by atoms with Crippen molar-refractivity contribution < 1.29 is 0 Å². The second-order valence-electron chi connectivity index (χ2n) is 4.97. The molecule has 1 aliphatic rings. The van der Waals surface area contributed by atoms with Gasteiger partial charge in [-0.3, -0.25) is 4.90 Å². The Morgan fingerprint density at radius 1 is 1.50 bits per heavy atom. The number of rotatable bonds is 3. The predicted octanol–water partition coefficient (Wildman–Crippen LogP) is 3.49. The summed E-state index contributed by atoms with van der Waals surface area (Å²) in [5, 5.41) is 0.821. The molecular weight excluding hydrogens is 267 g/mol. The Bertz CT molecular complexity index is 371. The van der Waals surface area contributed by atoms with Crippen LogP contribution in [0.1, 0.15) is 31.4 Å². The first-order valence-electron chi connectivity index (χ1n) is 6.40. The molecule has 2 rings (SSSR count). The Morgan fingerprint density at radius 2 is 2.28 bits per heavy atom. The van der Waals surface area contributed by atoms with Crippen molar-refractivity contribution in [3.63, 3.8) is 0 Å². The topological polar surface area (TPSA) is 29.3 Å². The predicted molar refractivity (Wildman–Crippen MR) is 80.5 cm³/mol. The van der Waals surface area contributed by atoms with Crippen LogP contribution in [0.5, 0.6) is 0 Å². The maximum Gasteiger partial charge on any atom is 0.0409 e. The van der Waals surface area contributed by atoms with E-state index < -0.39 is 0 Å². The lowest BCUT2D eigenvalue weighted by Crippen LogP contribution is -2.39. The van der Waals surface area contributed by atoms with Crippen LogP contribution in [0.4, 0.5) is 0 Å². The molecule has 18 heavy (non-hydrogen) atoms. The van der Waals surface area contributed by atoms with Crippen LogP contribution in [0.25, 0.3) is 0 Å². The van der Waals surface area contributed by atoms with Crippen LogP contribution in [0.2, 0.25) is 5.02 Å². The number of nitrogens with zero attached hydrogens (tertiary/aromatic N) is 1. The third-order valence-electron chi connectivity index (χ3n) is 3.76. The maximum absolute atomic E-state index is 6.05. The highest BCUT2D eigenvalue weighted by Crippen LogP contribution is 2.27. The van der Waals surface area contributed by atoms with Gasteiger partial charge in [-0.15, -0.1) is 12.4 Å². The first kappa shape index (κ1) is 15.8. The highest BCUT2D eigenvalue weighted by atomic mass is 35.5. The Balaban J connectivity index is 0.00000162. The molecule has 2 atom stereocenters. The van der Waals surface area contributed by atoms with Crippen molar-refractivity contribution in [3.05, 3.63) is 34.9 Å². The summed E-state index contributed by atoms with van der Waals surface area (Å²) >= 11 is 6.05. The van der Waals surface area contributed by atoms with Crippen molar-refractivity contribution in [2.45, 2.75) is 25.8 Å². The summed E-state index contributed by atoms with van der Waals surface area (Å²) in [7, 11) is 0. The van der Waals surface area contributed by atoms with E-state index in [1.807, 2.05) is 12.1 Å². The molecule has 1 aromatic rings. The van der Waals surface area contributed by atoms with Crippen LogP contribution in [-0.4, -0.2) is 24.5 Å². The normalized spacial score (nSPS) is 22.3. The van der Waals surface area contributed by atoms with E-state index in [9.17, 15) is 0 Å². The third-order valence-corrected chi connectivity index (χ3v) is 4.00. The lowest BCUT2D eigenvalue weighted by molar-refractivity contribution is 0.134. The van der Waals surface area contributed by atoms with Gasteiger partial charge in [0.1, 0.15) is 0 Å². The molecule has 1 aliphatic heterocycles. The van der Waals surface area contributed by atoms with Gasteiger partial charge in [0, 0.05) is 17.6 Å². The van der Waals surface area contributed by atoms with E-state index in [1.165, 1.54) is 24.9 Å². The van der Waals surface area contributed by atoms with Gasteiger partial charge in [-0.1, -0.05) is 23.7 Å². The SMILES string of the molecule is CC(c1cccc(Cl)c1)N1CCCC(CN)C1.Cl. The largest absolute Gasteiger partial charge is 0.330 e. The molecule has 0 bridgehead atoms. The highest BCUT2D eigenvalue weighted by molar-refractivity contribution is 6.30. The standard InChI is InChI=1S/C14H21ClN2.ClH/c1-11(13-5-2-6-14(15)8-13)17-7-3-4-12(9-16)10-17;/h2,5-6,8,11-12H,3-4,7,9-10,16H2,1H3;1H. The molecule has 0 saturated carbocycles. The molecule has 0 aromatic heterocycles. The number of piperidine rings is 1. The monoisotopic (exact) mass is 288 g/mol. The summed E-state index contributed by atoms with van der Waals surface area (Å²) in [6.07, 6.45) is 2.53. The van der Waals surface area contributed by atoms with Crippen molar-refractivity contribution in [3.8, 4) is 0 Å². The zero-order valence-corrected chi connectivity index (χ0v) is 12.4. The zero-order valence-electron chi connectivity index (χ0n) is 10.8. The average Bonchev–Trinajstić information content (AvgIpc) is 2.38. The van der Waals surface area contributed by atoms with E-state index in [4.69, 9.17) is 17.3 Å². The van der Waals surface area contributed by atoms with Gasteiger partial charge in [0.25, 0.3) is 0 Å². The molecule has 1 heterocycles. The molecule has 0 spiro atoms. The number of hydrogen-bond acceptors (Lipinski definition) is 2. The van der Waals surface area contributed by atoms with Gasteiger partial charge in [-0.2, -0.15) is 0 Å². The van der Waals surface area contributed by atoms with Crippen molar-refractivity contribution in [1.29, 1.82) is 0 Å². The number of nitrogens with two attached hydrogens (primary N) is 1. The number of hydrogen-bond donors (Lipinski definition) is 1. The van der Waals surface area contributed by atoms with Crippen LogP contribution < -0.4 is 5.73 Å². The second-order valence-corrected chi connectivity index (χ2v) is 5.41. The van der Waals surface area contributed by atoms with E-state index >= 15 is 0 Å². The molecule has 1 aromatic carbocycles. The fourth-order valence-electron chi connectivity index (χ4n) is 2.62. The minimum atomic E-state index is 0. The first-order valence-corrected chi connectivity index (χ1v) is 6.78. The third kappa shape index (κ3) is 3.86. The Labute approximate surface area is 121 Å². The number of halogens is 2. The van der Waals surface area contributed by atoms with Crippen molar-refractivity contribution in [1.82, 2.24) is 4.90 Å².